The molecule has 5 N–H and O–H groups in total. The Kier molecular flexibility index (Phi) is 7.22. The standard InChI is InChI=1S/C21H20O10/c1-30-16-10-12(4-8-15(16)23)5-9-17(24)31-18(19(25)26)21(29,20(27)28)11-13-2-6-14(22)7-3-13/h2-10,18,22-23,29H,11H2,1H3,(H,25,26)(H,27,28)/b9-5+/t18-,21-/m0/s1. The highest BCUT2D eigenvalue weighted by molar-refractivity contribution is 5.93. The lowest BCUT2D eigenvalue weighted by Gasteiger charge is -2.29. The van der Waals surface area contributed by atoms with Gasteiger partial charge in [-0.1, -0.05) is 18.2 Å². The van der Waals surface area contributed by atoms with E-state index >= 15 is 0 Å². The number of aliphatic hydroxyl groups is 1. The van der Waals surface area contributed by atoms with Gasteiger partial charge in [-0.15, -0.1) is 0 Å². The molecule has 164 valence electrons. The van der Waals surface area contributed by atoms with E-state index in [2.05, 4.69) is 0 Å². The zero-order valence-electron chi connectivity index (χ0n) is 16.3. The number of phenols is 2. The Morgan fingerprint density at radius 2 is 1.71 bits per heavy atom. The highest BCUT2D eigenvalue weighted by atomic mass is 16.6. The van der Waals surface area contributed by atoms with E-state index in [-0.39, 0.29) is 22.8 Å². The van der Waals surface area contributed by atoms with E-state index in [1.54, 1.807) is 0 Å². The van der Waals surface area contributed by atoms with Crippen LogP contribution >= 0.6 is 0 Å². The van der Waals surface area contributed by atoms with Crippen molar-refractivity contribution in [1.29, 1.82) is 0 Å². The van der Waals surface area contributed by atoms with E-state index in [1.807, 2.05) is 0 Å². The number of carboxylic acids is 2. The first-order valence-electron chi connectivity index (χ1n) is 8.79. The number of phenolic OH excluding ortho intramolecular Hbond substituents is 2. The number of methoxy groups -OCH3 is 1. The summed E-state index contributed by atoms with van der Waals surface area (Å²) in [6.45, 7) is 0. The van der Waals surface area contributed by atoms with Crippen LogP contribution in [0.3, 0.4) is 0 Å². The molecule has 0 fully saturated rings. The van der Waals surface area contributed by atoms with Crippen molar-refractivity contribution in [2.24, 2.45) is 0 Å². The second-order valence-electron chi connectivity index (χ2n) is 6.49. The molecule has 0 saturated carbocycles. The number of aliphatic carboxylic acids is 2. The van der Waals surface area contributed by atoms with E-state index in [1.165, 1.54) is 55.7 Å². The van der Waals surface area contributed by atoms with Crippen molar-refractivity contribution in [2.75, 3.05) is 7.11 Å². The SMILES string of the molecule is COc1cc(/C=C/C(=O)O[C@@H](C(=O)O)[C@@](O)(Cc2ccc(O)cc2)C(=O)O)ccc1O. The highest BCUT2D eigenvalue weighted by Crippen LogP contribution is 2.27. The minimum atomic E-state index is -2.98. The van der Waals surface area contributed by atoms with Crippen molar-refractivity contribution >= 4 is 24.0 Å². The van der Waals surface area contributed by atoms with Crippen LogP contribution in [0.1, 0.15) is 11.1 Å². The van der Waals surface area contributed by atoms with E-state index in [9.17, 15) is 39.9 Å². The molecule has 0 saturated heterocycles. The Morgan fingerprint density at radius 1 is 1.06 bits per heavy atom. The summed E-state index contributed by atoms with van der Waals surface area (Å²) in [6, 6.07) is 9.19. The summed E-state index contributed by atoms with van der Waals surface area (Å²) in [7, 11) is 1.33. The molecule has 0 radical (unpaired) electrons. The Hall–Kier alpha value is -4.05. The predicted molar refractivity (Wildman–Crippen MR) is 106 cm³/mol. The van der Waals surface area contributed by atoms with Gasteiger partial charge in [-0.3, -0.25) is 0 Å². The number of benzene rings is 2. The largest absolute Gasteiger partial charge is 0.508 e. The first kappa shape index (κ1) is 23.2. The maximum Gasteiger partial charge on any atom is 0.348 e. The van der Waals surface area contributed by atoms with E-state index in [0.29, 0.717) is 5.56 Å². The molecule has 0 aliphatic heterocycles. The number of rotatable bonds is 9. The van der Waals surface area contributed by atoms with Gasteiger partial charge >= 0.3 is 17.9 Å². The lowest BCUT2D eigenvalue weighted by molar-refractivity contribution is -0.192. The lowest BCUT2D eigenvalue weighted by Crippen LogP contribution is -2.56. The van der Waals surface area contributed by atoms with Crippen molar-refractivity contribution in [3.05, 3.63) is 59.7 Å². The van der Waals surface area contributed by atoms with Crippen LogP contribution in [-0.2, 0) is 25.5 Å². The van der Waals surface area contributed by atoms with Crippen molar-refractivity contribution in [3.63, 3.8) is 0 Å². The van der Waals surface area contributed by atoms with Crippen LogP contribution in [0.5, 0.6) is 17.2 Å². The number of ether oxygens (including phenoxy) is 2. The van der Waals surface area contributed by atoms with Gasteiger partial charge in [0.1, 0.15) is 5.75 Å². The Bertz CT molecular complexity index is 996. The number of esters is 1. The molecule has 0 aliphatic carbocycles. The van der Waals surface area contributed by atoms with Gasteiger partial charge in [0.05, 0.1) is 7.11 Å². The van der Waals surface area contributed by atoms with E-state index < -0.39 is 36.0 Å². The van der Waals surface area contributed by atoms with E-state index in [4.69, 9.17) is 9.47 Å². The number of hydrogen-bond acceptors (Lipinski definition) is 8. The van der Waals surface area contributed by atoms with Crippen LogP contribution in [-0.4, -0.2) is 62.3 Å². The number of hydrogen-bond donors (Lipinski definition) is 5. The van der Waals surface area contributed by atoms with Crippen LogP contribution in [0.2, 0.25) is 0 Å². The predicted octanol–water partition coefficient (Wildman–Crippen LogP) is 1.17. The van der Waals surface area contributed by atoms with Crippen LogP contribution < -0.4 is 4.74 Å². The summed E-state index contributed by atoms with van der Waals surface area (Å²) in [4.78, 5) is 35.4. The van der Waals surface area contributed by atoms with Crippen molar-refractivity contribution in [3.8, 4) is 17.2 Å². The molecular formula is C21H20O10. The average Bonchev–Trinajstić information content (AvgIpc) is 2.72. The van der Waals surface area contributed by atoms with E-state index in [0.717, 1.165) is 6.08 Å². The highest BCUT2D eigenvalue weighted by Gasteiger charge is 2.51. The van der Waals surface area contributed by atoms with Gasteiger partial charge in [0.15, 0.2) is 11.5 Å². The van der Waals surface area contributed by atoms with Gasteiger partial charge in [0.25, 0.3) is 0 Å². The van der Waals surface area contributed by atoms with Crippen LogP contribution in [0.15, 0.2) is 48.5 Å². The number of carbonyl (C=O) groups is 3. The number of aromatic hydroxyl groups is 2. The Balaban J connectivity index is 2.24. The molecule has 0 bridgehead atoms. The third-order valence-electron chi connectivity index (χ3n) is 4.29. The van der Waals surface area contributed by atoms with Crippen LogP contribution in [0.4, 0.5) is 0 Å². The Labute approximate surface area is 176 Å². The molecule has 2 aromatic carbocycles. The number of carbonyl (C=O) groups excluding carboxylic acids is 1. The molecule has 0 spiro atoms. The third-order valence-corrected chi connectivity index (χ3v) is 4.29. The fraction of sp³-hybridized carbons (Fsp3) is 0.190. The van der Waals surface area contributed by atoms with Gasteiger partial charge < -0.3 is 35.0 Å². The van der Waals surface area contributed by atoms with Crippen molar-refractivity contribution < 1.29 is 49.4 Å². The molecule has 0 unspecified atom stereocenters. The zero-order valence-corrected chi connectivity index (χ0v) is 16.3. The summed E-state index contributed by atoms with van der Waals surface area (Å²) in [5.74, 6) is -5.10. The maximum absolute atomic E-state index is 12.1. The maximum atomic E-state index is 12.1. The smallest absolute Gasteiger partial charge is 0.348 e. The fourth-order valence-corrected chi connectivity index (χ4v) is 2.68. The first-order chi connectivity index (χ1) is 14.6. The molecule has 0 amide bonds. The quantitative estimate of drug-likeness (QED) is 0.286. The van der Waals surface area contributed by atoms with Gasteiger partial charge in [0.2, 0.25) is 11.7 Å². The molecule has 31 heavy (non-hydrogen) atoms. The second kappa shape index (κ2) is 9.63. The molecule has 2 rings (SSSR count). The lowest BCUT2D eigenvalue weighted by atomic mass is 9.88. The molecule has 2 aromatic rings. The summed E-state index contributed by atoms with van der Waals surface area (Å²) >= 11 is 0. The second-order valence-corrected chi connectivity index (χ2v) is 6.49. The third kappa shape index (κ3) is 5.73. The minimum Gasteiger partial charge on any atom is -0.508 e. The summed E-state index contributed by atoms with van der Waals surface area (Å²) in [5, 5.41) is 48.3. The Morgan fingerprint density at radius 3 is 2.26 bits per heavy atom. The molecule has 10 nitrogen and oxygen atoms in total. The minimum absolute atomic E-state index is 0.111. The fourth-order valence-electron chi connectivity index (χ4n) is 2.68. The molecule has 0 heterocycles. The van der Waals surface area contributed by atoms with Crippen molar-refractivity contribution in [1.82, 2.24) is 0 Å². The topological polar surface area (TPSA) is 171 Å². The molecule has 10 heteroatoms. The van der Waals surface area contributed by atoms with Gasteiger partial charge in [-0.05, 0) is 41.5 Å². The van der Waals surface area contributed by atoms with Crippen molar-refractivity contribution in [2.45, 2.75) is 18.1 Å². The average molecular weight is 432 g/mol. The van der Waals surface area contributed by atoms with Gasteiger partial charge in [0, 0.05) is 12.5 Å². The summed E-state index contributed by atoms with van der Waals surface area (Å²) < 4.78 is 9.68. The molecule has 0 aliphatic rings. The normalized spacial score (nSPS) is 13.9. The molecular weight excluding hydrogens is 412 g/mol. The molecule has 2 atom stereocenters. The first-order valence-corrected chi connectivity index (χ1v) is 8.79. The van der Waals surface area contributed by atoms with Gasteiger partial charge in [-0.2, -0.15) is 0 Å². The van der Waals surface area contributed by atoms with Gasteiger partial charge in [-0.25, -0.2) is 14.4 Å². The number of carboxylic acid groups (broad SMARTS) is 2. The monoisotopic (exact) mass is 432 g/mol. The summed E-state index contributed by atoms with van der Waals surface area (Å²) in [5.41, 5.74) is -2.39. The zero-order chi connectivity index (χ0) is 23.2. The summed E-state index contributed by atoms with van der Waals surface area (Å²) in [6.07, 6.45) is -1.07. The molecule has 0 aromatic heterocycles. The van der Waals surface area contributed by atoms with Crippen LogP contribution in [0, 0.1) is 0 Å². The van der Waals surface area contributed by atoms with Crippen LogP contribution in [0.25, 0.3) is 6.08 Å².